The first kappa shape index (κ1) is 10.7. The van der Waals surface area contributed by atoms with Crippen molar-refractivity contribution in [3.63, 3.8) is 0 Å². The maximum Gasteiger partial charge on any atom is 0.0841 e. The maximum absolute atomic E-state index is 9.81. The molecule has 0 saturated heterocycles. The summed E-state index contributed by atoms with van der Waals surface area (Å²) in [7, 11) is 0. The summed E-state index contributed by atoms with van der Waals surface area (Å²) in [5.74, 6) is 0. The largest absolute Gasteiger partial charge is 0.386 e. The molecule has 1 aromatic rings. The third-order valence-electron chi connectivity index (χ3n) is 2.31. The van der Waals surface area contributed by atoms with Crippen molar-refractivity contribution in [2.45, 2.75) is 33.3 Å². The van der Waals surface area contributed by atoms with Crippen LogP contribution in [-0.2, 0) is 5.60 Å². The fraction of sp³-hybridized carbons (Fsp3) is 0.455. The maximum atomic E-state index is 9.81. The molecule has 0 heterocycles. The van der Waals surface area contributed by atoms with Crippen molar-refractivity contribution in [3.8, 4) is 0 Å². The molecule has 0 spiro atoms. The van der Waals surface area contributed by atoms with Crippen LogP contribution in [0.2, 0.25) is 0 Å². The van der Waals surface area contributed by atoms with E-state index in [1.807, 2.05) is 12.1 Å². The van der Waals surface area contributed by atoms with Crippen LogP contribution in [-0.4, -0.2) is 5.11 Å². The summed E-state index contributed by atoms with van der Waals surface area (Å²) < 4.78 is 1.06. The van der Waals surface area contributed by atoms with Crippen molar-refractivity contribution in [1.82, 2.24) is 0 Å². The lowest BCUT2D eigenvalue weighted by molar-refractivity contribution is 0.0784. The van der Waals surface area contributed by atoms with Crippen LogP contribution in [0.1, 0.15) is 30.5 Å². The molecule has 72 valence electrons. The summed E-state index contributed by atoms with van der Waals surface area (Å²) in [5.41, 5.74) is 2.61. The molecule has 0 bridgehead atoms. The summed E-state index contributed by atoms with van der Waals surface area (Å²) in [5, 5.41) is 9.81. The smallest absolute Gasteiger partial charge is 0.0841 e. The lowest BCUT2D eigenvalue weighted by Gasteiger charge is -2.19. The Morgan fingerprint density at radius 1 is 1.23 bits per heavy atom. The summed E-state index contributed by atoms with van der Waals surface area (Å²) in [4.78, 5) is 0. The number of halogens is 1. The van der Waals surface area contributed by atoms with Crippen LogP contribution < -0.4 is 0 Å². The van der Waals surface area contributed by atoms with Gasteiger partial charge >= 0.3 is 0 Å². The molecular weight excluding hydrogens is 228 g/mol. The van der Waals surface area contributed by atoms with Gasteiger partial charge in [0.15, 0.2) is 0 Å². The van der Waals surface area contributed by atoms with Crippen molar-refractivity contribution in [2.24, 2.45) is 0 Å². The molecule has 0 unspecified atom stereocenters. The Balaban J connectivity index is 3.29. The van der Waals surface area contributed by atoms with E-state index < -0.39 is 5.60 Å². The van der Waals surface area contributed by atoms with Crippen LogP contribution in [0.15, 0.2) is 16.6 Å². The first-order chi connectivity index (χ1) is 5.82. The SMILES string of the molecule is Cc1cc(C(C)(C)O)cc(Br)c1C. The van der Waals surface area contributed by atoms with E-state index in [2.05, 4.69) is 29.8 Å². The highest BCUT2D eigenvalue weighted by Crippen LogP contribution is 2.27. The predicted octanol–water partition coefficient (Wildman–Crippen LogP) is 3.29. The zero-order chi connectivity index (χ0) is 10.2. The minimum Gasteiger partial charge on any atom is -0.386 e. The second kappa shape index (κ2) is 3.43. The molecule has 0 amide bonds. The van der Waals surface area contributed by atoms with Gasteiger partial charge in [-0.2, -0.15) is 0 Å². The lowest BCUT2D eigenvalue weighted by Crippen LogP contribution is -2.15. The zero-order valence-electron chi connectivity index (χ0n) is 8.48. The van der Waals surface area contributed by atoms with Gasteiger partial charge in [0.2, 0.25) is 0 Å². The molecule has 1 N–H and O–H groups in total. The van der Waals surface area contributed by atoms with Gasteiger partial charge < -0.3 is 5.11 Å². The number of aryl methyl sites for hydroxylation is 1. The van der Waals surface area contributed by atoms with E-state index in [0.717, 1.165) is 10.0 Å². The van der Waals surface area contributed by atoms with Gasteiger partial charge in [-0.3, -0.25) is 0 Å². The Morgan fingerprint density at radius 2 is 1.77 bits per heavy atom. The average Bonchev–Trinajstić information content (AvgIpc) is 1.97. The van der Waals surface area contributed by atoms with Gasteiger partial charge in [-0.15, -0.1) is 0 Å². The molecule has 1 aromatic carbocycles. The number of hydrogen-bond acceptors (Lipinski definition) is 1. The van der Waals surface area contributed by atoms with Crippen molar-refractivity contribution in [3.05, 3.63) is 33.3 Å². The van der Waals surface area contributed by atoms with Crippen LogP contribution in [0, 0.1) is 13.8 Å². The van der Waals surface area contributed by atoms with E-state index in [1.165, 1.54) is 11.1 Å². The van der Waals surface area contributed by atoms with E-state index in [4.69, 9.17) is 0 Å². The summed E-state index contributed by atoms with van der Waals surface area (Å²) in [6.07, 6.45) is 0. The molecule has 0 aliphatic rings. The van der Waals surface area contributed by atoms with E-state index in [-0.39, 0.29) is 0 Å². The Labute approximate surface area is 87.9 Å². The number of aliphatic hydroxyl groups is 1. The molecule has 1 nitrogen and oxygen atoms in total. The Morgan fingerprint density at radius 3 is 2.15 bits per heavy atom. The minimum atomic E-state index is -0.763. The lowest BCUT2D eigenvalue weighted by atomic mass is 9.95. The molecule has 0 aromatic heterocycles. The fourth-order valence-corrected chi connectivity index (χ4v) is 1.73. The van der Waals surface area contributed by atoms with Gasteiger partial charge in [-0.05, 0) is 50.5 Å². The van der Waals surface area contributed by atoms with Crippen LogP contribution in [0.4, 0.5) is 0 Å². The van der Waals surface area contributed by atoms with Crippen LogP contribution in [0.5, 0.6) is 0 Å². The topological polar surface area (TPSA) is 20.2 Å². The summed E-state index contributed by atoms with van der Waals surface area (Å²) in [6, 6.07) is 4.00. The van der Waals surface area contributed by atoms with Gasteiger partial charge in [-0.25, -0.2) is 0 Å². The monoisotopic (exact) mass is 242 g/mol. The average molecular weight is 243 g/mol. The predicted molar refractivity (Wildman–Crippen MR) is 58.9 cm³/mol. The second-order valence-corrected chi connectivity index (χ2v) is 4.81. The molecule has 2 heteroatoms. The molecular formula is C11H15BrO. The molecule has 0 aliphatic carbocycles. The number of benzene rings is 1. The molecule has 0 radical (unpaired) electrons. The van der Waals surface area contributed by atoms with Gasteiger partial charge in [0.1, 0.15) is 0 Å². The second-order valence-electron chi connectivity index (χ2n) is 3.96. The molecule has 0 aliphatic heterocycles. The third kappa shape index (κ3) is 2.32. The molecule has 13 heavy (non-hydrogen) atoms. The van der Waals surface area contributed by atoms with Gasteiger partial charge in [0, 0.05) is 4.47 Å². The van der Waals surface area contributed by atoms with Gasteiger partial charge in [0.05, 0.1) is 5.60 Å². The highest BCUT2D eigenvalue weighted by Gasteiger charge is 2.17. The fourth-order valence-electron chi connectivity index (χ4n) is 1.17. The number of rotatable bonds is 1. The van der Waals surface area contributed by atoms with Gasteiger partial charge in [0.25, 0.3) is 0 Å². The quantitative estimate of drug-likeness (QED) is 0.802. The van der Waals surface area contributed by atoms with E-state index >= 15 is 0 Å². The summed E-state index contributed by atoms with van der Waals surface area (Å²) in [6.45, 7) is 7.70. The zero-order valence-corrected chi connectivity index (χ0v) is 10.1. The van der Waals surface area contributed by atoms with Crippen molar-refractivity contribution in [1.29, 1.82) is 0 Å². The molecule has 0 saturated carbocycles. The minimum absolute atomic E-state index is 0.763. The van der Waals surface area contributed by atoms with Crippen LogP contribution >= 0.6 is 15.9 Å². The highest BCUT2D eigenvalue weighted by molar-refractivity contribution is 9.10. The molecule has 1 rings (SSSR count). The summed E-state index contributed by atoms with van der Waals surface area (Å²) >= 11 is 3.48. The first-order valence-corrected chi connectivity index (χ1v) is 5.11. The Kier molecular flexibility index (Phi) is 2.83. The van der Waals surface area contributed by atoms with Crippen LogP contribution in [0.25, 0.3) is 0 Å². The molecule has 0 atom stereocenters. The normalized spacial score (nSPS) is 11.8. The number of hydrogen-bond donors (Lipinski definition) is 1. The van der Waals surface area contributed by atoms with Crippen molar-refractivity contribution >= 4 is 15.9 Å². The van der Waals surface area contributed by atoms with Gasteiger partial charge in [-0.1, -0.05) is 22.0 Å². The van der Waals surface area contributed by atoms with Crippen molar-refractivity contribution < 1.29 is 5.11 Å². The highest BCUT2D eigenvalue weighted by atomic mass is 79.9. The van der Waals surface area contributed by atoms with Crippen molar-refractivity contribution in [2.75, 3.05) is 0 Å². The third-order valence-corrected chi connectivity index (χ3v) is 3.13. The first-order valence-electron chi connectivity index (χ1n) is 4.32. The Bertz CT molecular complexity index is 300. The van der Waals surface area contributed by atoms with E-state index in [1.54, 1.807) is 13.8 Å². The van der Waals surface area contributed by atoms with Crippen LogP contribution in [0.3, 0.4) is 0 Å². The van der Waals surface area contributed by atoms with E-state index in [0.29, 0.717) is 0 Å². The van der Waals surface area contributed by atoms with E-state index in [9.17, 15) is 5.11 Å². The standard InChI is InChI=1S/C11H15BrO/c1-7-5-9(11(3,4)13)6-10(12)8(7)2/h5-6,13H,1-4H3. The Hall–Kier alpha value is -0.340. The molecule has 0 fully saturated rings.